The number of carbonyl (C=O) groups excluding carboxylic acids is 1. The van der Waals surface area contributed by atoms with Crippen molar-refractivity contribution < 1.29 is 4.79 Å². The minimum Gasteiger partial charge on any atom is -0.353 e. The van der Waals surface area contributed by atoms with E-state index in [9.17, 15) is 4.79 Å². The smallest absolute Gasteiger partial charge is 0.220 e. The van der Waals surface area contributed by atoms with Crippen LogP contribution in [-0.2, 0) is 11.3 Å². The number of benzene rings is 1. The number of nitrogens with one attached hydrogen (secondary N) is 1. The number of amides is 1. The summed E-state index contributed by atoms with van der Waals surface area (Å²) in [5.41, 5.74) is 6.77. The molecule has 0 spiro atoms. The van der Waals surface area contributed by atoms with Crippen LogP contribution in [-0.4, -0.2) is 36.5 Å². The molecule has 1 saturated heterocycles. The normalized spacial score (nSPS) is 15.5. The van der Waals surface area contributed by atoms with E-state index in [1.807, 2.05) is 6.07 Å². The first-order valence-corrected chi connectivity index (χ1v) is 7.53. The van der Waals surface area contributed by atoms with Crippen molar-refractivity contribution in [2.45, 2.75) is 38.3 Å². The summed E-state index contributed by atoms with van der Waals surface area (Å²) >= 11 is 0. The van der Waals surface area contributed by atoms with Crippen molar-refractivity contribution >= 4 is 30.7 Å². The van der Waals surface area contributed by atoms with Crippen LogP contribution in [0.2, 0.25) is 0 Å². The lowest BCUT2D eigenvalue weighted by Gasteiger charge is -2.32. The maximum atomic E-state index is 11.7. The van der Waals surface area contributed by atoms with Crippen LogP contribution in [0, 0.1) is 0 Å². The third kappa shape index (κ3) is 7.45. The molecule has 126 valence electrons. The number of rotatable bonds is 6. The highest BCUT2D eigenvalue weighted by molar-refractivity contribution is 5.85. The van der Waals surface area contributed by atoms with Crippen molar-refractivity contribution in [1.82, 2.24) is 10.2 Å². The second-order valence-electron chi connectivity index (χ2n) is 5.50. The van der Waals surface area contributed by atoms with Gasteiger partial charge in [-0.05, 0) is 31.4 Å². The molecule has 1 fully saturated rings. The fraction of sp³-hybridized carbons (Fsp3) is 0.562. The third-order valence-corrected chi connectivity index (χ3v) is 3.81. The molecule has 4 nitrogen and oxygen atoms in total. The van der Waals surface area contributed by atoms with Crippen molar-refractivity contribution in [1.29, 1.82) is 0 Å². The molecule has 0 atom stereocenters. The number of carbonyl (C=O) groups is 1. The van der Waals surface area contributed by atoms with Crippen LogP contribution in [0.3, 0.4) is 0 Å². The molecule has 1 aromatic carbocycles. The van der Waals surface area contributed by atoms with Gasteiger partial charge in [-0.2, -0.15) is 0 Å². The Kier molecular flexibility index (Phi) is 11.3. The molecule has 1 aliphatic heterocycles. The van der Waals surface area contributed by atoms with Gasteiger partial charge in [0.1, 0.15) is 0 Å². The molecule has 0 radical (unpaired) electrons. The third-order valence-electron chi connectivity index (χ3n) is 3.81. The van der Waals surface area contributed by atoms with Crippen LogP contribution in [0.15, 0.2) is 30.3 Å². The average molecular weight is 348 g/mol. The van der Waals surface area contributed by atoms with Gasteiger partial charge in [0.25, 0.3) is 0 Å². The van der Waals surface area contributed by atoms with E-state index in [0.717, 1.165) is 38.9 Å². The summed E-state index contributed by atoms with van der Waals surface area (Å²) < 4.78 is 0. The maximum Gasteiger partial charge on any atom is 0.220 e. The standard InChI is InChI=1S/C16H25N3O.2ClH/c17-10-4-7-16(20)18-15-8-11-19(12-9-15)13-14-5-2-1-3-6-14;;/h1-3,5-6,15H,4,7-13,17H2,(H,18,20);2*1H. The van der Waals surface area contributed by atoms with Crippen LogP contribution in [0.1, 0.15) is 31.2 Å². The summed E-state index contributed by atoms with van der Waals surface area (Å²) in [6.45, 7) is 3.70. The molecule has 0 unspecified atom stereocenters. The molecule has 2 rings (SSSR count). The molecule has 0 aromatic heterocycles. The average Bonchev–Trinajstić information content (AvgIpc) is 2.48. The summed E-state index contributed by atoms with van der Waals surface area (Å²) in [6, 6.07) is 10.9. The number of hydrogen-bond acceptors (Lipinski definition) is 3. The van der Waals surface area contributed by atoms with E-state index >= 15 is 0 Å². The zero-order valence-electron chi connectivity index (χ0n) is 12.9. The predicted molar refractivity (Wildman–Crippen MR) is 95.7 cm³/mol. The first kappa shape index (κ1) is 21.2. The van der Waals surface area contributed by atoms with Gasteiger partial charge in [-0.3, -0.25) is 9.69 Å². The molecular weight excluding hydrogens is 321 g/mol. The number of halogens is 2. The first-order chi connectivity index (χ1) is 9.78. The Hall–Kier alpha value is -0.810. The Morgan fingerprint density at radius 2 is 1.82 bits per heavy atom. The molecule has 0 bridgehead atoms. The lowest BCUT2D eigenvalue weighted by molar-refractivity contribution is -0.122. The van der Waals surface area contributed by atoms with Crippen LogP contribution >= 0.6 is 24.8 Å². The fourth-order valence-electron chi connectivity index (χ4n) is 2.64. The van der Waals surface area contributed by atoms with Crippen molar-refractivity contribution in [2.75, 3.05) is 19.6 Å². The molecule has 1 aromatic rings. The summed E-state index contributed by atoms with van der Waals surface area (Å²) in [6.07, 6.45) is 3.42. The Bertz CT molecular complexity index is 409. The summed E-state index contributed by atoms with van der Waals surface area (Å²) in [7, 11) is 0. The van der Waals surface area contributed by atoms with Gasteiger partial charge >= 0.3 is 0 Å². The van der Waals surface area contributed by atoms with E-state index in [2.05, 4.69) is 34.5 Å². The molecule has 1 amide bonds. The molecule has 6 heteroatoms. The van der Waals surface area contributed by atoms with E-state index in [0.29, 0.717) is 19.0 Å². The van der Waals surface area contributed by atoms with Crippen molar-refractivity contribution in [3.8, 4) is 0 Å². The lowest BCUT2D eigenvalue weighted by atomic mass is 10.0. The highest BCUT2D eigenvalue weighted by Crippen LogP contribution is 2.14. The fourth-order valence-corrected chi connectivity index (χ4v) is 2.64. The molecular formula is C16H27Cl2N3O. The van der Waals surface area contributed by atoms with Crippen LogP contribution < -0.4 is 11.1 Å². The summed E-state index contributed by atoms with van der Waals surface area (Å²) in [5, 5.41) is 3.12. The quantitative estimate of drug-likeness (QED) is 0.830. The molecule has 22 heavy (non-hydrogen) atoms. The number of piperidine rings is 1. The topological polar surface area (TPSA) is 58.4 Å². The van der Waals surface area contributed by atoms with Gasteiger partial charge in [0, 0.05) is 32.1 Å². The van der Waals surface area contributed by atoms with E-state index in [1.165, 1.54) is 5.56 Å². The Morgan fingerprint density at radius 1 is 1.18 bits per heavy atom. The second-order valence-corrected chi connectivity index (χ2v) is 5.50. The molecule has 1 heterocycles. The van der Waals surface area contributed by atoms with E-state index in [-0.39, 0.29) is 30.7 Å². The van der Waals surface area contributed by atoms with Gasteiger partial charge in [-0.15, -0.1) is 24.8 Å². The van der Waals surface area contributed by atoms with Gasteiger partial charge in [-0.1, -0.05) is 30.3 Å². The second kappa shape index (κ2) is 11.7. The minimum atomic E-state index is 0. The van der Waals surface area contributed by atoms with Crippen LogP contribution in [0.5, 0.6) is 0 Å². The van der Waals surface area contributed by atoms with E-state index in [1.54, 1.807) is 0 Å². The van der Waals surface area contributed by atoms with Gasteiger partial charge in [-0.25, -0.2) is 0 Å². The largest absolute Gasteiger partial charge is 0.353 e. The van der Waals surface area contributed by atoms with Crippen LogP contribution in [0.25, 0.3) is 0 Å². The highest BCUT2D eigenvalue weighted by Gasteiger charge is 2.20. The first-order valence-electron chi connectivity index (χ1n) is 7.53. The van der Waals surface area contributed by atoms with Crippen molar-refractivity contribution in [2.24, 2.45) is 5.73 Å². The zero-order chi connectivity index (χ0) is 14.2. The number of likely N-dealkylation sites (tertiary alicyclic amines) is 1. The van der Waals surface area contributed by atoms with Gasteiger partial charge in [0.15, 0.2) is 0 Å². The molecule has 0 aliphatic carbocycles. The SMILES string of the molecule is Cl.Cl.NCCCC(=O)NC1CCN(Cc2ccccc2)CC1. The molecule has 1 aliphatic rings. The van der Waals surface area contributed by atoms with Crippen LogP contribution in [0.4, 0.5) is 0 Å². The lowest BCUT2D eigenvalue weighted by Crippen LogP contribution is -2.44. The number of nitrogens with zero attached hydrogens (tertiary/aromatic N) is 1. The Morgan fingerprint density at radius 3 is 2.41 bits per heavy atom. The van der Waals surface area contributed by atoms with E-state index in [4.69, 9.17) is 5.73 Å². The zero-order valence-corrected chi connectivity index (χ0v) is 14.5. The Balaban J connectivity index is 0.00000220. The van der Waals surface area contributed by atoms with Gasteiger partial charge in [0.2, 0.25) is 5.91 Å². The summed E-state index contributed by atoms with van der Waals surface area (Å²) in [4.78, 5) is 14.1. The van der Waals surface area contributed by atoms with E-state index < -0.39 is 0 Å². The maximum absolute atomic E-state index is 11.7. The molecule has 3 N–H and O–H groups in total. The summed E-state index contributed by atoms with van der Waals surface area (Å²) in [5.74, 6) is 0.150. The minimum absolute atomic E-state index is 0. The van der Waals surface area contributed by atoms with Gasteiger partial charge in [0.05, 0.1) is 0 Å². The predicted octanol–water partition coefficient (Wildman–Crippen LogP) is 2.35. The Labute approximate surface area is 145 Å². The monoisotopic (exact) mass is 347 g/mol. The number of hydrogen-bond donors (Lipinski definition) is 2. The molecule has 0 saturated carbocycles. The number of nitrogens with two attached hydrogens (primary N) is 1. The highest BCUT2D eigenvalue weighted by atomic mass is 35.5. The van der Waals surface area contributed by atoms with Crippen molar-refractivity contribution in [3.63, 3.8) is 0 Å². The van der Waals surface area contributed by atoms with Gasteiger partial charge < -0.3 is 11.1 Å². The van der Waals surface area contributed by atoms with Crippen molar-refractivity contribution in [3.05, 3.63) is 35.9 Å².